The van der Waals surface area contributed by atoms with E-state index in [0.29, 0.717) is 35.8 Å². The second-order valence-corrected chi connectivity index (χ2v) is 8.53. The summed E-state index contributed by atoms with van der Waals surface area (Å²) in [6.07, 6.45) is 0.720. The van der Waals surface area contributed by atoms with Gasteiger partial charge in [-0.1, -0.05) is 0 Å². The van der Waals surface area contributed by atoms with Crippen LogP contribution in [0.5, 0.6) is 11.5 Å². The molecule has 2 aromatic rings. The summed E-state index contributed by atoms with van der Waals surface area (Å²) in [7, 11) is -3.67. The number of hydrogen-bond acceptors (Lipinski definition) is 6. The Bertz CT molecular complexity index is 1030. The lowest BCUT2D eigenvalue weighted by atomic mass is 10.2. The molecule has 0 spiro atoms. The number of carbonyl (C=O) groups is 2. The number of nitrogens with zero attached hydrogens (tertiary/aromatic N) is 2. The van der Waals surface area contributed by atoms with Crippen molar-refractivity contribution >= 4 is 28.0 Å². The van der Waals surface area contributed by atoms with Gasteiger partial charge in [0, 0.05) is 43.5 Å². The molecule has 29 heavy (non-hydrogen) atoms. The summed E-state index contributed by atoms with van der Waals surface area (Å²) in [6, 6.07) is 10.8. The lowest BCUT2D eigenvalue weighted by Gasteiger charge is -2.31. The Morgan fingerprint density at radius 1 is 0.966 bits per heavy atom. The predicted octanol–water partition coefficient (Wildman–Crippen LogP) is 1.13. The van der Waals surface area contributed by atoms with Gasteiger partial charge in [0.1, 0.15) is 0 Å². The third kappa shape index (κ3) is 3.89. The van der Waals surface area contributed by atoms with E-state index in [4.69, 9.17) is 9.47 Å². The summed E-state index contributed by atoms with van der Waals surface area (Å²) >= 11 is 0. The van der Waals surface area contributed by atoms with E-state index in [2.05, 4.69) is 5.32 Å². The van der Waals surface area contributed by atoms with Crippen LogP contribution in [-0.2, 0) is 14.8 Å². The van der Waals surface area contributed by atoms with Crippen molar-refractivity contribution in [3.8, 4) is 11.5 Å². The highest BCUT2D eigenvalue weighted by atomic mass is 32.2. The van der Waals surface area contributed by atoms with Crippen molar-refractivity contribution in [2.75, 3.05) is 38.3 Å². The molecule has 0 atom stereocenters. The van der Waals surface area contributed by atoms with Gasteiger partial charge in [-0.2, -0.15) is 4.31 Å². The van der Waals surface area contributed by atoms with Crippen LogP contribution in [0.2, 0.25) is 0 Å². The maximum atomic E-state index is 12.8. The van der Waals surface area contributed by atoms with E-state index in [9.17, 15) is 18.0 Å². The van der Waals surface area contributed by atoms with Crippen LogP contribution < -0.4 is 14.8 Å². The molecule has 152 valence electrons. The first-order valence-electron chi connectivity index (χ1n) is 8.98. The molecule has 2 aromatic carbocycles. The predicted molar refractivity (Wildman–Crippen MR) is 103 cm³/mol. The number of amides is 2. The number of ether oxygens (including phenoxy) is 2. The lowest BCUT2D eigenvalue weighted by Crippen LogP contribution is -2.47. The molecule has 0 aliphatic carbocycles. The summed E-state index contributed by atoms with van der Waals surface area (Å²) in [4.78, 5) is 24.9. The Kier molecular flexibility index (Phi) is 5.12. The van der Waals surface area contributed by atoms with Gasteiger partial charge in [0.15, 0.2) is 11.5 Å². The van der Waals surface area contributed by atoms with Crippen LogP contribution in [0.25, 0.3) is 0 Å². The lowest BCUT2D eigenvalue weighted by molar-refractivity contribution is -0.119. The van der Waals surface area contributed by atoms with Crippen LogP contribution in [0, 0.1) is 0 Å². The number of hydrogen-bond donors (Lipinski definition) is 1. The number of sulfonamides is 1. The van der Waals surface area contributed by atoms with E-state index < -0.39 is 10.0 Å². The Morgan fingerprint density at radius 2 is 1.66 bits per heavy atom. The minimum Gasteiger partial charge on any atom is -0.454 e. The Hall–Kier alpha value is -3.11. The number of anilines is 1. The second kappa shape index (κ2) is 7.72. The van der Waals surface area contributed by atoms with Crippen molar-refractivity contribution in [2.45, 2.75) is 4.90 Å². The third-order valence-corrected chi connectivity index (χ3v) is 6.72. The maximum Gasteiger partial charge on any atom is 0.255 e. The zero-order chi connectivity index (χ0) is 20.4. The highest BCUT2D eigenvalue weighted by Crippen LogP contribution is 2.34. The summed E-state index contributed by atoms with van der Waals surface area (Å²) in [5, 5.41) is 2.75. The fourth-order valence-corrected chi connectivity index (χ4v) is 4.58. The van der Waals surface area contributed by atoms with Crippen LogP contribution in [0.1, 0.15) is 10.4 Å². The molecule has 1 N–H and O–H groups in total. The van der Waals surface area contributed by atoms with Crippen LogP contribution in [-0.4, -0.2) is 62.9 Å². The van der Waals surface area contributed by atoms with E-state index in [-0.39, 0.29) is 30.7 Å². The molecule has 10 heteroatoms. The minimum absolute atomic E-state index is 0.108. The quantitative estimate of drug-likeness (QED) is 0.732. The fraction of sp³-hybridized carbons (Fsp3) is 0.263. The van der Waals surface area contributed by atoms with Crippen LogP contribution in [0.4, 0.5) is 5.69 Å². The van der Waals surface area contributed by atoms with Gasteiger partial charge in [0.2, 0.25) is 23.2 Å². The molecule has 2 aliphatic rings. The minimum atomic E-state index is -3.67. The molecule has 0 bridgehead atoms. The SMILES string of the molecule is O=CN1CCN(S(=O)(=O)c2ccc(C(=O)Nc3ccc4c(c3)OCO4)cc2)CC1. The third-order valence-electron chi connectivity index (χ3n) is 4.81. The van der Waals surface area contributed by atoms with Crippen molar-refractivity contribution in [3.05, 3.63) is 48.0 Å². The van der Waals surface area contributed by atoms with Crippen molar-refractivity contribution in [1.29, 1.82) is 0 Å². The van der Waals surface area contributed by atoms with Crippen LogP contribution >= 0.6 is 0 Å². The van der Waals surface area contributed by atoms with Gasteiger partial charge in [0.25, 0.3) is 5.91 Å². The van der Waals surface area contributed by atoms with Gasteiger partial charge in [-0.25, -0.2) is 8.42 Å². The summed E-state index contributed by atoms with van der Waals surface area (Å²) < 4.78 is 37.4. The molecule has 2 amide bonds. The normalized spacial score (nSPS) is 16.5. The second-order valence-electron chi connectivity index (χ2n) is 6.59. The molecule has 4 rings (SSSR count). The molecular weight excluding hydrogens is 398 g/mol. The number of carbonyl (C=O) groups excluding carboxylic acids is 2. The van der Waals surface area contributed by atoms with Crippen molar-refractivity contribution < 1.29 is 27.5 Å². The van der Waals surface area contributed by atoms with Gasteiger partial charge in [0.05, 0.1) is 4.90 Å². The molecule has 0 saturated carbocycles. The van der Waals surface area contributed by atoms with E-state index in [1.165, 1.54) is 33.5 Å². The van der Waals surface area contributed by atoms with Crippen LogP contribution in [0.3, 0.4) is 0 Å². The molecule has 0 aromatic heterocycles. The van der Waals surface area contributed by atoms with E-state index in [1.54, 1.807) is 18.2 Å². The zero-order valence-corrected chi connectivity index (χ0v) is 16.2. The van der Waals surface area contributed by atoms with E-state index in [1.807, 2.05) is 0 Å². The molecule has 1 fully saturated rings. The molecule has 2 aliphatic heterocycles. The number of nitrogens with one attached hydrogen (secondary N) is 1. The average molecular weight is 417 g/mol. The van der Waals surface area contributed by atoms with E-state index >= 15 is 0 Å². The summed E-state index contributed by atoms with van der Waals surface area (Å²) in [5.41, 5.74) is 0.872. The van der Waals surface area contributed by atoms with Crippen molar-refractivity contribution in [3.63, 3.8) is 0 Å². The first-order valence-corrected chi connectivity index (χ1v) is 10.4. The van der Waals surface area contributed by atoms with Gasteiger partial charge in [-0.3, -0.25) is 9.59 Å². The number of fused-ring (bicyclic) bond motifs is 1. The topological polar surface area (TPSA) is 105 Å². The monoisotopic (exact) mass is 417 g/mol. The molecule has 0 radical (unpaired) electrons. The van der Waals surface area contributed by atoms with Crippen molar-refractivity contribution in [1.82, 2.24) is 9.21 Å². The zero-order valence-electron chi connectivity index (χ0n) is 15.4. The van der Waals surface area contributed by atoms with E-state index in [0.717, 1.165) is 6.41 Å². The smallest absolute Gasteiger partial charge is 0.255 e. The Labute approximate surface area is 167 Å². The van der Waals surface area contributed by atoms with Gasteiger partial charge in [-0.05, 0) is 36.4 Å². The van der Waals surface area contributed by atoms with Crippen LogP contribution in [0.15, 0.2) is 47.4 Å². The number of rotatable bonds is 5. The molecule has 0 unspecified atom stereocenters. The standard InChI is InChI=1S/C19H19N3O6S/c23-12-21-7-9-22(10-8-21)29(25,26)16-4-1-14(2-5-16)19(24)20-15-3-6-17-18(11-15)28-13-27-17/h1-6,11-12H,7-10,13H2,(H,20,24). The summed E-state index contributed by atoms with van der Waals surface area (Å²) in [5.74, 6) is 0.804. The maximum absolute atomic E-state index is 12.8. The number of benzene rings is 2. The van der Waals surface area contributed by atoms with Gasteiger partial charge >= 0.3 is 0 Å². The first kappa shape index (κ1) is 19.2. The Balaban J connectivity index is 1.44. The number of piperazine rings is 1. The van der Waals surface area contributed by atoms with Crippen molar-refractivity contribution in [2.24, 2.45) is 0 Å². The Morgan fingerprint density at radius 3 is 2.34 bits per heavy atom. The fourth-order valence-electron chi connectivity index (χ4n) is 3.15. The molecule has 1 saturated heterocycles. The first-order chi connectivity index (χ1) is 14.0. The van der Waals surface area contributed by atoms with Gasteiger partial charge in [-0.15, -0.1) is 0 Å². The average Bonchev–Trinajstić information content (AvgIpc) is 3.22. The molecular formula is C19H19N3O6S. The highest BCUT2D eigenvalue weighted by molar-refractivity contribution is 7.89. The largest absolute Gasteiger partial charge is 0.454 e. The van der Waals surface area contributed by atoms with Gasteiger partial charge < -0.3 is 19.7 Å². The highest BCUT2D eigenvalue weighted by Gasteiger charge is 2.28. The summed E-state index contributed by atoms with van der Waals surface area (Å²) in [6.45, 7) is 1.35. The molecule has 9 nitrogen and oxygen atoms in total. The molecule has 2 heterocycles.